The van der Waals surface area contributed by atoms with E-state index in [2.05, 4.69) is 37.7 Å². The number of allylic oxidation sites excluding steroid dienone is 1. The predicted octanol–water partition coefficient (Wildman–Crippen LogP) is 4.42. The van der Waals surface area contributed by atoms with Crippen molar-refractivity contribution in [2.45, 2.75) is 59.1 Å². The van der Waals surface area contributed by atoms with Crippen LogP contribution in [0.3, 0.4) is 0 Å². The minimum absolute atomic E-state index is 0.126. The third-order valence-electron chi connectivity index (χ3n) is 4.04. The highest BCUT2D eigenvalue weighted by Crippen LogP contribution is 2.37. The lowest BCUT2D eigenvalue weighted by molar-refractivity contribution is -0.0128. The molecule has 6 nitrogen and oxygen atoms in total. The molecule has 0 bridgehead atoms. The van der Waals surface area contributed by atoms with Crippen LogP contribution >= 0.6 is 0 Å². The minimum Gasteiger partial charge on any atom is -0.504 e. The van der Waals surface area contributed by atoms with Crippen LogP contribution in [0.1, 0.15) is 47.0 Å². The SMILES string of the molecule is CC/C(C)=C1\O[Si](CCCN=[N+]=[N-])(OC)OC(CC)C1C. The van der Waals surface area contributed by atoms with Crippen LogP contribution in [-0.4, -0.2) is 28.6 Å². The maximum Gasteiger partial charge on any atom is 0.565 e. The van der Waals surface area contributed by atoms with Crippen molar-refractivity contribution in [1.29, 1.82) is 0 Å². The molecular formula is C14H27N3O3Si. The molecule has 0 radical (unpaired) electrons. The largest absolute Gasteiger partial charge is 0.565 e. The van der Waals surface area contributed by atoms with Crippen LogP contribution < -0.4 is 0 Å². The number of rotatable bonds is 7. The second kappa shape index (κ2) is 8.43. The van der Waals surface area contributed by atoms with E-state index in [9.17, 15) is 0 Å². The molecule has 0 aromatic rings. The van der Waals surface area contributed by atoms with Crippen molar-refractivity contribution in [3.8, 4) is 0 Å². The summed E-state index contributed by atoms with van der Waals surface area (Å²) < 4.78 is 18.1. The number of hydrogen-bond donors (Lipinski definition) is 0. The molecule has 1 aliphatic heterocycles. The second-order valence-electron chi connectivity index (χ2n) is 5.40. The van der Waals surface area contributed by atoms with Crippen LogP contribution in [0.2, 0.25) is 6.04 Å². The molecule has 1 heterocycles. The van der Waals surface area contributed by atoms with Crippen molar-refractivity contribution < 1.29 is 13.3 Å². The Balaban J connectivity index is 2.95. The smallest absolute Gasteiger partial charge is 0.504 e. The Morgan fingerprint density at radius 2 is 2.19 bits per heavy atom. The second-order valence-corrected chi connectivity index (χ2v) is 8.11. The van der Waals surface area contributed by atoms with Gasteiger partial charge in [0.05, 0.1) is 11.9 Å². The highest BCUT2D eigenvalue weighted by molar-refractivity contribution is 6.61. The average molecular weight is 313 g/mol. The molecule has 21 heavy (non-hydrogen) atoms. The maximum absolute atomic E-state index is 8.35. The van der Waals surface area contributed by atoms with Crippen molar-refractivity contribution in [3.63, 3.8) is 0 Å². The molecule has 0 aliphatic carbocycles. The fraction of sp³-hybridized carbons (Fsp3) is 0.857. The molecule has 0 aromatic carbocycles. The summed E-state index contributed by atoms with van der Waals surface area (Å²) in [5.74, 6) is 1.29. The Kier molecular flexibility index (Phi) is 7.24. The molecule has 120 valence electrons. The molecule has 1 rings (SSSR count). The summed E-state index contributed by atoms with van der Waals surface area (Å²) in [7, 11) is -1.06. The zero-order valence-corrected chi connectivity index (χ0v) is 14.8. The van der Waals surface area contributed by atoms with E-state index < -0.39 is 8.80 Å². The fourth-order valence-corrected chi connectivity index (χ4v) is 5.36. The van der Waals surface area contributed by atoms with Crippen molar-refractivity contribution in [2.75, 3.05) is 13.7 Å². The zero-order chi connectivity index (χ0) is 15.9. The monoisotopic (exact) mass is 313 g/mol. The first-order chi connectivity index (χ1) is 10.0. The van der Waals surface area contributed by atoms with Gasteiger partial charge in [-0.25, -0.2) is 0 Å². The van der Waals surface area contributed by atoms with Crippen LogP contribution in [0.15, 0.2) is 16.4 Å². The van der Waals surface area contributed by atoms with Gasteiger partial charge in [-0.05, 0) is 37.3 Å². The van der Waals surface area contributed by atoms with Gasteiger partial charge in [-0.15, -0.1) is 0 Å². The first-order valence-corrected chi connectivity index (χ1v) is 9.59. The summed E-state index contributed by atoms with van der Waals surface area (Å²) >= 11 is 0. The summed E-state index contributed by atoms with van der Waals surface area (Å²) in [5.41, 5.74) is 9.61. The molecule has 1 aliphatic rings. The van der Waals surface area contributed by atoms with Crippen LogP contribution in [0.25, 0.3) is 10.4 Å². The highest BCUT2D eigenvalue weighted by atomic mass is 28.4. The number of nitrogens with zero attached hydrogens (tertiary/aromatic N) is 3. The average Bonchev–Trinajstić information content (AvgIpc) is 2.52. The van der Waals surface area contributed by atoms with Crippen molar-refractivity contribution in [3.05, 3.63) is 21.8 Å². The van der Waals surface area contributed by atoms with E-state index >= 15 is 0 Å². The van der Waals surface area contributed by atoms with E-state index in [1.807, 2.05) is 0 Å². The molecule has 1 fully saturated rings. The quantitative estimate of drug-likeness (QED) is 0.229. The normalized spacial score (nSPS) is 31.3. The Morgan fingerprint density at radius 3 is 2.71 bits per heavy atom. The van der Waals surface area contributed by atoms with Gasteiger partial charge < -0.3 is 13.3 Å². The molecule has 1 saturated heterocycles. The fourth-order valence-electron chi connectivity index (χ4n) is 2.59. The molecule has 0 amide bonds. The molecule has 3 atom stereocenters. The van der Waals surface area contributed by atoms with Crippen molar-refractivity contribution >= 4 is 8.80 Å². The van der Waals surface area contributed by atoms with Gasteiger partial charge in [-0.2, -0.15) is 0 Å². The summed E-state index contributed by atoms with van der Waals surface area (Å²) in [6.45, 7) is 8.96. The molecule has 0 N–H and O–H groups in total. The summed E-state index contributed by atoms with van der Waals surface area (Å²) in [4.78, 5) is 2.78. The van der Waals surface area contributed by atoms with Crippen LogP contribution in [0.4, 0.5) is 0 Å². The van der Waals surface area contributed by atoms with Crippen molar-refractivity contribution in [1.82, 2.24) is 0 Å². The number of hydrogen-bond acceptors (Lipinski definition) is 4. The topological polar surface area (TPSA) is 76.5 Å². The van der Waals surface area contributed by atoms with Gasteiger partial charge >= 0.3 is 8.80 Å². The van der Waals surface area contributed by atoms with Gasteiger partial charge in [0.2, 0.25) is 0 Å². The Morgan fingerprint density at radius 1 is 1.48 bits per heavy atom. The Hall–Kier alpha value is -1.01. The standard InChI is InChI=1S/C14H27N3O3Si/c1-6-11(3)14-12(4)13(7-2)19-21(18-5,20-14)10-8-9-16-17-15/h12-13H,6-10H2,1-5H3/b14-11-. The maximum atomic E-state index is 8.35. The van der Waals surface area contributed by atoms with Crippen LogP contribution in [-0.2, 0) is 13.3 Å². The minimum atomic E-state index is -2.72. The molecule has 3 unspecified atom stereocenters. The van der Waals surface area contributed by atoms with Crippen LogP contribution in [0.5, 0.6) is 0 Å². The summed E-state index contributed by atoms with van der Waals surface area (Å²) in [5, 5.41) is 3.57. The van der Waals surface area contributed by atoms with E-state index in [1.54, 1.807) is 7.11 Å². The molecule has 7 heteroatoms. The Labute approximate surface area is 128 Å². The van der Waals surface area contributed by atoms with Gasteiger partial charge in [0.1, 0.15) is 0 Å². The first-order valence-electron chi connectivity index (χ1n) is 7.66. The molecule has 0 aromatic heterocycles. The van der Waals surface area contributed by atoms with E-state index in [4.69, 9.17) is 18.8 Å². The summed E-state index contributed by atoms with van der Waals surface area (Å²) in [6.07, 6.45) is 2.73. The molecule has 0 spiro atoms. The van der Waals surface area contributed by atoms with E-state index in [-0.39, 0.29) is 12.0 Å². The lowest BCUT2D eigenvalue weighted by Gasteiger charge is -2.42. The zero-order valence-electron chi connectivity index (χ0n) is 13.8. The molecule has 0 saturated carbocycles. The predicted molar refractivity (Wildman–Crippen MR) is 84.6 cm³/mol. The first kappa shape index (κ1) is 18.0. The number of azide groups is 1. The highest BCUT2D eigenvalue weighted by Gasteiger charge is 2.50. The third kappa shape index (κ3) is 4.48. The van der Waals surface area contributed by atoms with E-state index in [0.29, 0.717) is 19.0 Å². The van der Waals surface area contributed by atoms with Gasteiger partial charge in [0.25, 0.3) is 0 Å². The molecular weight excluding hydrogens is 286 g/mol. The summed E-state index contributed by atoms with van der Waals surface area (Å²) in [6, 6.07) is 0.673. The van der Waals surface area contributed by atoms with Crippen molar-refractivity contribution in [2.24, 2.45) is 11.0 Å². The van der Waals surface area contributed by atoms with E-state index in [1.165, 1.54) is 5.57 Å². The van der Waals surface area contributed by atoms with Gasteiger partial charge in [0, 0.05) is 30.5 Å². The van der Waals surface area contributed by atoms with Gasteiger partial charge in [0.15, 0.2) is 0 Å². The van der Waals surface area contributed by atoms with Gasteiger partial charge in [-0.1, -0.05) is 25.9 Å². The lowest BCUT2D eigenvalue weighted by Crippen LogP contribution is -2.53. The lowest BCUT2D eigenvalue weighted by atomic mass is 9.97. The van der Waals surface area contributed by atoms with E-state index in [0.717, 1.165) is 18.6 Å². The van der Waals surface area contributed by atoms with Crippen LogP contribution in [0, 0.1) is 5.92 Å². The third-order valence-corrected chi connectivity index (χ3v) is 6.82. The Bertz CT molecular complexity index is 424. The van der Waals surface area contributed by atoms with Gasteiger partial charge in [-0.3, -0.25) is 0 Å².